The third-order valence-corrected chi connectivity index (χ3v) is 3.93. The third-order valence-electron chi connectivity index (χ3n) is 3.93. The second-order valence-corrected chi connectivity index (χ2v) is 5.19. The van der Waals surface area contributed by atoms with Crippen molar-refractivity contribution in [2.45, 2.75) is 44.6 Å². The molecular weight excluding hydrogens is 267 g/mol. The lowest BCUT2D eigenvalue weighted by Crippen LogP contribution is -2.44. The van der Waals surface area contributed by atoms with Crippen molar-refractivity contribution in [2.75, 3.05) is 0 Å². The van der Waals surface area contributed by atoms with Crippen molar-refractivity contribution >= 4 is 11.0 Å². The molecule has 0 amide bonds. The maximum absolute atomic E-state index is 12.9. The Balaban J connectivity index is 1.85. The van der Waals surface area contributed by atoms with E-state index in [9.17, 15) is 13.2 Å². The molecule has 0 bridgehead atoms. The summed E-state index contributed by atoms with van der Waals surface area (Å²) in [5.41, 5.74) is 0.0932. The highest BCUT2D eigenvalue weighted by Gasteiger charge is 2.63. The molecule has 1 aromatic heterocycles. The summed E-state index contributed by atoms with van der Waals surface area (Å²) in [5, 5.41) is 2.65. The number of fused-ring (bicyclic) bond motifs is 1. The summed E-state index contributed by atoms with van der Waals surface area (Å²) >= 11 is 0. The topological polar surface area (TPSA) is 29.9 Å². The molecule has 0 radical (unpaired) electrons. The van der Waals surface area contributed by atoms with E-state index < -0.39 is 11.7 Å². The number of hydrogen-bond donors (Lipinski definition) is 1. The van der Waals surface area contributed by atoms with Gasteiger partial charge in [0, 0.05) is 6.54 Å². The number of imidazole rings is 1. The van der Waals surface area contributed by atoms with E-state index >= 15 is 0 Å². The first-order chi connectivity index (χ1) is 9.47. The van der Waals surface area contributed by atoms with E-state index in [1.807, 2.05) is 35.8 Å². The van der Waals surface area contributed by atoms with Crippen LogP contribution < -0.4 is 5.32 Å². The number of halogens is 3. The monoisotopic (exact) mass is 283 g/mol. The molecule has 108 valence electrons. The zero-order valence-corrected chi connectivity index (χ0v) is 11.2. The van der Waals surface area contributed by atoms with E-state index in [2.05, 4.69) is 10.3 Å². The summed E-state index contributed by atoms with van der Waals surface area (Å²) in [5.74, 6) is 0.657. The van der Waals surface area contributed by atoms with Gasteiger partial charge in [-0.3, -0.25) is 5.32 Å². The lowest BCUT2D eigenvalue weighted by Gasteiger charge is -2.20. The number of rotatable bonds is 4. The first-order valence-electron chi connectivity index (χ1n) is 6.73. The van der Waals surface area contributed by atoms with Crippen LogP contribution in [0, 0.1) is 0 Å². The molecule has 1 saturated carbocycles. The maximum Gasteiger partial charge on any atom is 0.406 e. The fraction of sp³-hybridized carbons (Fsp3) is 0.500. The molecule has 1 heterocycles. The smallest absolute Gasteiger partial charge is 0.327 e. The van der Waals surface area contributed by atoms with Crippen molar-refractivity contribution in [1.82, 2.24) is 14.9 Å². The molecule has 1 aliphatic carbocycles. The minimum atomic E-state index is -4.18. The van der Waals surface area contributed by atoms with Gasteiger partial charge in [0.15, 0.2) is 0 Å². The van der Waals surface area contributed by atoms with E-state index in [0.29, 0.717) is 12.4 Å². The number of nitrogens with zero attached hydrogens (tertiary/aromatic N) is 2. The van der Waals surface area contributed by atoms with Gasteiger partial charge in [-0.2, -0.15) is 13.2 Å². The molecule has 1 fully saturated rings. The van der Waals surface area contributed by atoms with Crippen molar-refractivity contribution in [1.29, 1.82) is 0 Å². The van der Waals surface area contributed by atoms with Crippen LogP contribution in [0.3, 0.4) is 0 Å². The minimum Gasteiger partial charge on any atom is -0.327 e. The normalized spacial score (nSPS) is 17.6. The van der Waals surface area contributed by atoms with Crippen LogP contribution in [-0.4, -0.2) is 21.3 Å². The largest absolute Gasteiger partial charge is 0.406 e. The zero-order chi connectivity index (χ0) is 14.4. The molecule has 0 atom stereocenters. The third kappa shape index (κ3) is 2.08. The Labute approximate surface area is 114 Å². The van der Waals surface area contributed by atoms with E-state index in [4.69, 9.17) is 0 Å². The van der Waals surface area contributed by atoms with E-state index in [0.717, 1.165) is 11.0 Å². The van der Waals surface area contributed by atoms with Crippen molar-refractivity contribution < 1.29 is 13.2 Å². The van der Waals surface area contributed by atoms with Gasteiger partial charge in [0.1, 0.15) is 11.4 Å². The SMILES string of the molecule is CCn1c(CNC2(C(F)(F)F)CC2)nc2ccccc21. The summed E-state index contributed by atoms with van der Waals surface area (Å²) in [7, 11) is 0. The molecule has 0 spiro atoms. The number of hydrogen-bond acceptors (Lipinski definition) is 2. The van der Waals surface area contributed by atoms with Gasteiger partial charge in [-0.05, 0) is 31.9 Å². The second kappa shape index (κ2) is 4.48. The standard InChI is InChI=1S/C14H16F3N3/c1-2-20-11-6-4-3-5-10(11)19-12(20)9-18-13(7-8-13)14(15,16)17/h3-6,18H,2,7-9H2,1H3. The quantitative estimate of drug-likeness (QED) is 0.933. The fourth-order valence-electron chi connectivity index (χ4n) is 2.55. The van der Waals surface area contributed by atoms with Gasteiger partial charge in [-0.15, -0.1) is 0 Å². The van der Waals surface area contributed by atoms with Gasteiger partial charge in [0.05, 0.1) is 17.6 Å². The van der Waals surface area contributed by atoms with Crippen molar-refractivity contribution in [3.63, 3.8) is 0 Å². The zero-order valence-electron chi connectivity index (χ0n) is 11.2. The summed E-state index contributed by atoms with van der Waals surface area (Å²) in [4.78, 5) is 4.43. The highest BCUT2D eigenvalue weighted by molar-refractivity contribution is 5.75. The fourth-order valence-corrected chi connectivity index (χ4v) is 2.55. The Morgan fingerprint density at radius 3 is 2.60 bits per heavy atom. The summed E-state index contributed by atoms with van der Waals surface area (Å²) in [6, 6.07) is 7.60. The second-order valence-electron chi connectivity index (χ2n) is 5.19. The molecule has 0 saturated heterocycles. The van der Waals surface area contributed by atoms with Crippen LogP contribution >= 0.6 is 0 Å². The van der Waals surface area contributed by atoms with E-state index in [-0.39, 0.29) is 19.4 Å². The van der Waals surface area contributed by atoms with Gasteiger partial charge in [-0.1, -0.05) is 12.1 Å². The maximum atomic E-state index is 12.9. The summed E-state index contributed by atoms with van der Waals surface area (Å²) in [6.45, 7) is 2.80. The lowest BCUT2D eigenvalue weighted by molar-refractivity contribution is -0.166. The van der Waals surface area contributed by atoms with Crippen molar-refractivity contribution in [2.24, 2.45) is 0 Å². The van der Waals surface area contributed by atoms with Crippen LogP contribution in [0.1, 0.15) is 25.6 Å². The van der Waals surface area contributed by atoms with Crippen molar-refractivity contribution in [3.05, 3.63) is 30.1 Å². The minimum absolute atomic E-state index is 0.141. The summed E-state index contributed by atoms with van der Waals surface area (Å²) in [6.07, 6.45) is -3.87. The Bertz CT molecular complexity index is 626. The van der Waals surface area contributed by atoms with Crippen LogP contribution in [-0.2, 0) is 13.1 Å². The Hall–Kier alpha value is -1.56. The van der Waals surface area contributed by atoms with Gasteiger partial charge in [0.25, 0.3) is 0 Å². The molecule has 3 nitrogen and oxygen atoms in total. The van der Waals surface area contributed by atoms with Gasteiger partial charge in [-0.25, -0.2) is 4.98 Å². The van der Waals surface area contributed by atoms with E-state index in [1.54, 1.807) is 0 Å². The molecular formula is C14H16F3N3. The number of alkyl halides is 3. The molecule has 2 aromatic rings. The Kier molecular flexibility index (Phi) is 3.01. The van der Waals surface area contributed by atoms with Gasteiger partial charge in [0.2, 0.25) is 0 Å². The first kappa shape index (κ1) is 13.4. The number of aromatic nitrogens is 2. The van der Waals surface area contributed by atoms with Crippen LogP contribution in [0.4, 0.5) is 13.2 Å². The number of nitrogens with one attached hydrogen (secondary N) is 1. The van der Waals surface area contributed by atoms with Crippen LogP contribution in [0.2, 0.25) is 0 Å². The average Bonchev–Trinajstić information content (AvgIpc) is 3.12. The molecule has 1 N–H and O–H groups in total. The predicted molar refractivity (Wildman–Crippen MR) is 70.3 cm³/mol. The van der Waals surface area contributed by atoms with Crippen LogP contribution in [0.5, 0.6) is 0 Å². The lowest BCUT2D eigenvalue weighted by atomic mass is 10.2. The first-order valence-corrected chi connectivity index (χ1v) is 6.73. The summed E-state index contributed by atoms with van der Waals surface area (Å²) < 4.78 is 40.6. The molecule has 20 heavy (non-hydrogen) atoms. The highest BCUT2D eigenvalue weighted by Crippen LogP contribution is 2.49. The Morgan fingerprint density at radius 1 is 1.30 bits per heavy atom. The van der Waals surface area contributed by atoms with Gasteiger partial charge < -0.3 is 4.57 Å². The van der Waals surface area contributed by atoms with Crippen LogP contribution in [0.25, 0.3) is 11.0 Å². The highest BCUT2D eigenvalue weighted by atomic mass is 19.4. The predicted octanol–water partition coefficient (Wildman–Crippen LogP) is 3.24. The van der Waals surface area contributed by atoms with Crippen molar-refractivity contribution in [3.8, 4) is 0 Å². The molecule has 3 rings (SSSR count). The molecule has 1 aromatic carbocycles. The molecule has 0 aliphatic heterocycles. The Morgan fingerprint density at radius 2 is 2.00 bits per heavy atom. The number of benzene rings is 1. The number of para-hydroxylation sites is 2. The van der Waals surface area contributed by atoms with Crippen LogP contribution in [0.15, 0.2) is 24.3 Å². The average molecular weight is 283 g/mol. The molecule has 6 heteroatoms. The molecule has 0 unspecified atom stereocenters. The van der Waals surface area contributed by atoms with Gasteiger partial charge >= 0.3 is 6.18 Å². The number of aryl methyl sites for hydroxylation is 1. The molecule has 1 aliphatic rings. The van der Waals surface area contributed by atoms with E-state index in [1.165, 1.54) is 0 Å².